The quantitative estimate of drug-likeness (QED) is 0.167. The molecule has 8 heterocycles. The molecule has 11 rings (SSSR count). The average Bonchev–Trinajstić information content (AvgIpc) is 3.99. The first-order chi connectivity index (χ1) is 25.7. The molecule has 1 spiro atoms. The van der Waals surface area contributed by atoms with E-state index in [1.165, 1.54) is 0 Å². The number of fused-ring (bicyclic) bond motifs is 7. The first-order valence-corrected chi connectivity index (χ1v) is 20.1. The Balaban J connectivity index is 1.21. The molecule has 0 radical (unpaired) electrons. The van der Waals surface area contributed by atoms with Crippen molar-refractivity contribution in [3.8, 4) is 39.8 Å². The number of nitrogens with one attached hydrogen (secondary N) is 3. The molecule has 11 nitrogen and oxygen atoms in total. The second-order valence-electron chi connectivity index (χ2n) is 14.5. The highest BCUT2D eigenvalue weighted by molar-refractivity contribution is 7.93. The number of aromatic amines is 1. The van der Waals surface area contributed by atoms with Gasteiger partial charge in [-0.25, -0.2) is 18.4 Å². The summed E-state index contributed by atoms with van der Waals surface area (Å²) >= 11 is 1.15. The number of para-hydroxylation sites is 1. The van der Waals surface area contributed by atoms with Gasteiger partial charge in [0.15, 0.2) is 33.3 Å². The number of ether oxygens (including phenoxy) is 1. The Bertz CT molecular complexity index is 2780. The summed E-state index contributed by atoms with van der Waals surface area (Å²) in [6, 6.07) is 20.9. The molecule has 3 aromatic carbocycles. The Kier molecular flexibility index (Phi) is 6.24. The molecule has 53 heavy (non-hydrogen) atoms. The molecule has 1 amide bonds. The maximum absolute atomic E-state index is 14.3. The summed E-state index contributed by atoms with van der Waals surface area (Å²) in [4.78, 5) is 27.6. The number of aromatic nitrogens is 3. The number of rotatable bonds is 4. The van der Waals surface area contributed by atoms with Crippen molar-refractivity contribution in [2.45, 2.75) is 42.2 Å². The van der Waals surface area contributed by atoms with Crippen molar-refractivity contribution in [1.29, 1.82) is 0 Å². The van der Waals surface area contributed by atoms with Crippen molar-refractivity contribution in [3.05, 3.63) is 113 Å². The Morgan fingerprint density at radius 3 is 2.70 bits per heavy atom. The molecule has 13 heteroatoms. The molecule has 1 unspecified atom stereocenters. The zero-order valence-electron chi connectivity index (χ0n) is 28.5. The van der Waals surface area contributed by atoms with Crippen LogP contribution in [0, 0.1) is 11.8 Å². The number of carbonyl (C=O) groups excluding carboxylic acids is 1. The lowest BCUT2D eigenvalue weighted by Gasteiger charge is -2.28. The maximum atomic E-state index is 14.3. The largest absolute Gasteiger partial charge is 0.469 e. The average molecular weight is 742 g/mol. The molecule has 7 aromatic rings. The number of carbonyl (C=O) groups is 1. The van der Waals surface area contributed by atoms with Crippen molar-refractivity contribution in [3.63, 3.8) is 0 Å². The van der Waals surface area contributed by atoms with Crippen LogP contribution >= 0.6 is 11.3 Å². The first kappa shape index (κ1) is 30.9. The van der Waals surface area contributed by atoms with Crippen molar-refractivity contribution >= 4 is 43.7 Å². The van der Waals surface area contributed by atoms with Crippen molar-refractivity contribution in [1.82, 2.24) is 20.3 Å². The lowest BCUT2D eigenvalue weighted by Crippen LogP contribution is -2.41. The molecule has 264 valence electrons. The lowest BCUT2D eigenvalue weighted by molar-refractivity contribution is -0.125. The maximum Gasteiger partial charge on any atom is 0.249 e. The van der Waals surface area contributed by atoms with Gasteiger partial charge in [0.05, 0.1) is 17.9 Å². The van der Waals surface area contributed by atoms with Crippen LogP contribution in [-0.2, 0) is 26.5 Å². The fourth-order valence-corrected chi connectivity index (χ4v) is 11.4. The van der Waals surface area contributed by atoms with E-state index in [2.05, 4.69) is 39.9 Å². The number of benzene rings is 3. The van der Waals surface area contributed by atoms with Crippen LogP contribution in [0.4, 0.5) is 5.69 Å². The second-order valence-corrected chi connectivity index (χ2v) is 17.8. The number of H-pyrrole nitrogens is 1. The van der Waals surface area contributed by atoms with E-state index in [9.17, 15) is 13.2 Å². The van der Waals surface area contributed by atoms with Crippen LogP contribution in [0.3, 0.4) is 0 Å². The van der Waals surface area contributed by atoms with Crippen LogP contribution < -0.4 is 15.4 Å². The van der Waals surface area contributed by atoms with Crippen LogP contribution in [-0.4, -0.2) is 41.3 Å². The molecule has 4 aromatic heterocycles. The van der Waals surface area contributed by atoms with Gasteiger partial charge in [0.2, 0.25) is 17.7 Å². The predicted octanol–water partition coefficient (Wildman–Crippen LogP) is 7.46. The fraction of sp³-hybridized carbons (Fsp3) is 0.225. The molecule has 0 saturated carbocycles. The van der Waals surface area contributed by atoms with E-state index in [1.807, 2.05) is 50.4 Å². The van der Waals surface area contributed by atoms with E-state index in [-0.39, 0.29) is 34.1 Å². The molecule has 3 N–H and O–H groups in total. The SMILES string of the molecule is CC(C)[C@@H]1NC(=O)[C@@H](CS(=O)(=O)c2cccs2)Cc2ccc3c(c2)C24c5cccc(c5N[C@H]2O3)-c2cccc3[nH]cc(c23)-c2cnc(o2)-c2nc1oc24. The lowest BCUT2D eigenvalue weighted by atomic mass is 9.72. The Hall–Kier alpha value is -5.66. The summed E-state index contributed by atoms with van der Waals surface area (Å²) in [7, 11) is -3.77. The van der Waals surface area contributed by atoms with Crippen molar-refractivity contribution < 1.29 is 26.8 Å². The highest BCUT2D eigenvalue weighted by Gasteiger charge is 2.61. The van der Waals surface area contributed by atoms with Crippen LogP contribution in [0.2, 0.25) is 0 Å². The summed E-state index contributed by atoms with van der Waals surface area (Å²) < 4.78 is 48.0. The van der Waals surface area contributed by atoms with E-state index in [0.717, 1.165) is 61.3 Å². The van der Waals surface area contributed by atoms with E-state index < -0.39 is 39.3 Å². The van der Waals surface area contributed by atoms with E-state index in [1.54, 1.807) is 23.7 Å². The molecule has 0 saturated heterocycles. The molecule has 4 aliphatic heterocycles. The molecule has 4 atom stereocenters. The normalized spacial score (nSPS) is 22.1. The minimum absolute atomic E-state index is 0.178. The smallest absolute Gasteiger partial charge is 0.249 e. The van der Waals surface area contributed by atoms with Gasteiger partial charge in [-0.15, -0.1) is 11.3 Å². The van der Waals surface area contributed by atoms with Gasteiger partial charge in [0.1, 0.15) is 21.4 Å². The number of hydrogen-bond donors (Lipinski definition) is 3. The monoisotopic (exact) mass is 741 g/mol. The number of sulfone groups is 1. The standard InChI is InChI=1S/C40H31N5O6S2/c1-19(2)32-38-44-34-35(51-38)40-25-8-3-7-23(22-6-4-9-27-31(22)24(16-41-27)29-17-42-37(34)49-29)33(25)45-39(40)50-28-12-11-20(15-26(28)40)14-21(36(46)43-32)18-53(47,48)30-10-5-13-52-30/h3-13,15-17,19,21,32,39,41,45H,14,18H2,1-2H3,(H,43,46)/t21-,32+,39+,40?/m1/s1. The number of hydrogen-bond acceptors (Lipinski definition) is 10. The molecule has 10 bridgehead atoms. The van der Waals surface area contributed by atoms with E-state index in [0.29, 0.717) is 23.0 Å². The van der Waals surface area contributed by atoms with Crippen LogP contribution in [0.5, 0.6) is 5.75 Å². The van der Waals surface area contributed by atoms with Gasteiger partial charge in [-0.2, -0.15) is 0 Å². The highest BCUT2D eigenvalue weighted by atomic mass is 32.2. The summed E-state index contributed by atoms with van der Waals surface area (Å²) in [5, 5.41) is 9.65. The van der Waals surface area contributed by atoms with Gasteiger partial charge < -0.3 is 29.2 Å². The molecule has 4 aliphatic rings. The zero-order valence-corrected chi connectivity index (χ0v) is 30.1. The van der Waals surface area contributed by atoms with Crippen LogP contribution in [0.15, 0.2) is 97.5 Å². The Labute approximate surface area is 307 Å². The highest BCUT2D eigenvalue weighted by Crippen LogP contribution is 2.61. The predicted molar refractivity (Wildman–Crippen MR) is 198 cm³/mol. The minimum Gasteiger partial charge on any atom is -0.469 e. The summed E-state index contributed by atoms with van der Waals surface area (Å²) in [6.07, 6.45) is 3.19. The van der Waals surface area contributed by atoms with Crippen molar-refractivity contribution in [2.24, 2.45) is 11.8 Å². The fourth-order valence-electron chi connectivity index (χ4n) is 8.73. The minimum atomic E-state index is -3.77. The Morgan fingerprint density at radius 2 is 1.85 bits per heavy atom. The van der Waals surface area contributed by atoms with Crippen LogP contribution in [0.1, 0.15) is 48.2 Å². The topological polar surface area (TPSA) is 152 Å². The number of anilines is 1. The van der Waals surface area contributed by atoms with Gasteiger partial charge >= 0.3 is 0 Å². The van der Waals surface area contributed by atoms with E-state index in [4.69, 9.17) is 23.5 Å². The molecular formula is C40H31N5O6S2. The van der Waals surface area contributed by atoms with Gasteiger partial charge in [0.25, 0.3) is 0 Å². The van der Waals surface area contributed by atoms with Gasteiger partial charge in [0, 0.05) is 45.0 Å². The third kappa shape index (κ3) is 4.20. The summed E-state index contributed by atoms with van der Waals surface area (Å²) in [5.74, 6) is 0.397. The number of thiophene rings is 1. The second kappa shape index (κ2) is 10.7. The van der Waals surface area contributed by atoms with Gasteiger partial charge in [-0.3, -0.25) is 4.79 Å². The number of nitrogens with zero attached hydrogens (tertiary/aromatic N) is 2. The van der Waals surface area contributed by atoms with Crippen molar-refractivity contribution in [2.75, 3.05) is 11.1 Å². The summed E-state index contributed by atoms with van der Waals surface area (Å²) in [5.41, 5.74) is 6.59. The van der Waals surface area contributed by atoms with Gasteiger partial charge in [-0.1, -0.05) is 62.4 Å². The third-order valence-corrected chi connectivity index (χ3v) is 14.5. The third-order valence-electron chi connectivity index (χ3n) is 11.1. The zero-order chi connectivity index (χ0) is 35.8. The first-order valence-electron chi connectivity index (χ1n) is 17.6. The molecular weight excluding hydrogens is 711 g/mol. The summed E-state index contributed by atoms with van der Waals surface area (Å²) in [6.45, 7) is 3.94. The Morgan fingerprint density at radius 1 is 0.981 bits per heavy atom. The van der Waals surface area contributed by atoms with Gasteiger partial charge in [-0.05, 0) is 47.0 Å². The molecule has 0 fully saturated rings. The number of oxazole rings is 2. The van der Waals surface area contributed by atoms with E-state index >= 15 is 0 Å². The number of amides is 1. The van der Waals surface area contributed by atoms with Crippen LogP contribution in [0.25, 0.3) is 44.9 Å². The molecule has 0 aliphatic carbocycles.